The molecule has 0 saturated carbocycles. The van der Waals surface area contributed by atoms with Crippen molar-refractivity contribution >= 4 is 33.0 Å². The number of thiophene rings is 1. The van der Waals surface area contributed by atoms with Crippen LogP contribution in [0.4, 0.5) is 5.69 Å². The Morgan fingerprint density at radius 1 is 1.42 bits per heavy atom. The van der Waals surface area contributed by atoms with Gasteiger partial charge in [0.1, 0.15) is 10.9 Å². The summed E-state index contributed by atoms with van der Waals surface area (Å²) in [5.74, 6) is 0. The molecule has 2 rings (SSSR count). The number of nitrogen functional groups attached to an aromatic ring is 1. The van der Waals surface area contributed by atoms with Crippen LogP contribution in [0.1, 0.15) is 29.3 Å². The zero-order valence-electron chi connectivity index (χ0n) is 11.0. The topological polar surface area (TPSA) is 49.8 Å². The van der Waals surface area contributed by atoms with Crippen molar-refractivity contribution in [2.75, 3.05) is 5.73 Å². The summed E-state index contributed by atoms with van der Waals surface area (Å²) in [6.45, 7) is 4.21. The molecule has 0 atom stereocenters. The lowest BCUT2D eigenvalue weighted by atomic mass is 10.0. The van der Waals surface area contributed by atoms with E-state index in [9.17, 15) is 0 Å². The molecule has 0 bridgehead atoms. The Hall–Kier alpha value is -1.31. The van der Waals surface area contributed by atoms with E-state index >= 15 is 0 Å². The van der Waals surface area contributed by atoms with E-state index in [1.54, 1.807) is 0 Å². The third kappa shape index (κ3) is 2.68. The minimum atomic E-state index is 0.623. The average molecular weight is 335 g/mol. The average Bonchev–Trinajstić information content (AvgIpc) is 2.70. The predicted molar refractivity (Wildman–Crippen MR) is 85.3 cm³/mol. The molecule has 0 aliphatic rings. The van der Waals surface area contributed by atoms with Gasteiger partial charge in [-0.15, -0.1) is 11.3 Å². The van der Waals surface area contributed by atoms with Crippen LogP contribution in [0.15, 0.2) is 22.7 Å². The standard InChI is InChI=1S/C15H15BrN2S/c1-3-4-11-14(18)13(8-17)19-15(11)12-7-10(16)6-5-9(12)2/h5-7H,3-4,18H2,1-2H3. The number of hydrogen-bond acceptors (Lipinski definition) is 3. The van der Waals surface area contributed by atoms with Gasteiger partial charge in [-0.1, -0.05) is 35.3 Å². The molecule has 1 aromatic carbocycles. The van der Waals surface area contributed by atoms with Crippen molar-refractivity contribution in [1.82, 2.24) is 0 Å². The highest BCUT2D eigenvalue weighted by Gasteiger charge is 2.17. The first-order chi connectivity index (χ1) is 9.08. The number of nitriles is 1. The van der Waals surface area contributed by atoms with Crippen LogP contribution in [0.5, 0.6) is 0 Å². The van der Waals surface area contributed by atoms with Crippen LogP contribution in [0, 0.1) is 18.3 Å². The molecule has 0 amide bonds. The number of nitrogens with two attached hydrogens (primary N) is 1. The number of aryl methyl sites for hydroxylation is 1. The van der Waals surface area contributed by atoms with Crippen LogP contribution in [-0.2, 0) is 6.42 Å². The molecule has 4 heteroatoms. The maximum absolute atomic E-state index is 9.17. The molecule has 19 heavy (non-hydrogen) atoms. The van der Waals surface area contributed by atoms with Gasteiger partial charge < -0.3 is 5.73 Å². The molecule has 2 N–H and O–H groups in total. The molecule has 0 unspecified atom stereocenters. The third-order valence-corrected chi connectivity index (χ3v) is 4.77. The van der Waals surface area contributed by atoms with Crippen molar-refractivity contribution in [3.63, 3.8) is 0 Å². The molecule has 0 radical (unpaired) electrons. The van der Waals surface area contributed by atoms with Crippen molar-refractivity contribution in [2.45, 2.75) is 26.7 Å². The van der Waals surface area contributed by atoms with E-state index in [0.717, 1.165) is 33.3 Å². The summed E-state index contributed by atoms with van der Waals surface area (Å²) in [5.41, 5.74) is 10.2. The van der Waals surface area contributed by atoms with Gasteiger partial charge in [0.25, 0.3) is 0 Å². The van der Waals surface area contributed by atoms with Crippen LogP contribution in [0.25, 0.3) is 10.4 Å². The fourth-order valence-electron chi connectivity index (χ4n) is 2.12. The molecule has 0 aliphatic carbocycles. The highest BCUT2D eigenvalue weighted by molar-refractivity contribution is 9.10. The number of rotatable bonds is 3. The van der Waals surface area contributed by atoms with Crippen molar-refractivity contribution < 1.29 is 0 Å². The fourth-order valence-corrected chi connectivity index (χ4v) is 3.62. The molecule has 0 spiro atoms. The lowest BCUT2D eigenvalue weighted by molar-refractivity contribution is 0.929. The maximum atomic E-state index is 9.17. The quantitative estimate of drug-likeness (QED) is 0.868. The first-order valence-electron chi connectivity index (χ1n) is 6.16. The molecular weight excluding hydrogens is 320 g/mol. The van der Waals surface area contributed by atoms with Gasteiger partial charge in [-0.25, -0.2) is 0 Å². The lowest BCUT2D eigenvalue weighted by Gasteiger charge is -2.08. The molecular formula is C15H15BrN2S. The van der Waals surface area contributed by atoms with E-state index in [1.165, 1.54) is 16.9 Å². The van der Waals surface area contributed by atoms with E-state index in [0.29, 0.717) is 10.6 Å². The predicted octanol–water partition coefficient (Wildman–Crippen LogP) is 4.89. The zero-order valence-corrected chi connectivity index (χ0v) is 13.4. The highest BCUT2D eigenvalue weighted by Crippen LogP contribution is 2.41. The minimum absolute atomic E-state index is 0.623. The monoisotopic (exact) mass is 334 g/mol. The van der Waals surface area contributed by atoms with Gasteiger partial charge >= 0.3 is 0 Å². The van der Waals surface area contributed by atoms with E-state index < -0.39 is 0 Å². The zero-order chi connectivity index (χ0) is 14.0. The van der Waals surface area contributed by atoms with Crippen LogP contribution in [0.2, 0.25) is 0 Å². The van der Waals surface area contributed by atoms with E-state index in [1.807, 2.05) is 6.07 Å². The van der Waals surface area contributed by atoms with Crippen molar-refractivity contribution in [1.29, 1.82) is 5.26 Å². The van der Waals surface area contributed by atoms with Gasteiger partial charge in [-0.05, 0) is 42.2 Å². The summed E-state index contributed by atoms with van der Waals surface area (Å²) < 4.78 is 1.04. The van der Waals surface area contributed by atoms with Crippen LogP contribution in [-0.4, -0.2) is 0 Å². The minimum Gasteiger partial charge on any atom is -0.397 e. The Bertz CT molecular complexity index is 653. The molecule has 0 saturated heterocycles. The largest absolute Gasteiger partial charge is 0.397 e. The summed E-state index contributed by atoms with van der Waals surface area (Å²) in [7, 11) is 0. The summed E-state index contributed by atoms with van der Waals surface area (Å²) in [4.78, 5) is 1.76. The lowest BCUT2D eigenvalue weighted by Crippen LogP contribution is -1.93. The molecule has 98 valence electrons. The second kappa shape index (κ2) is 5.77. The summed E-state index contributed by atoms with van der Waals surface area (Å²) >= 11 is 5.00. The van der Waals surface area contributed by atoms with Gasteiger partial charge in [-0.2, -0.15) is 5.26 Å². The number of halogens is 1. The van der Waals surface area contributed by atoms with Crippen molar-refractivity contribution in [3.8, 4) is 16.5 Å². The van der Waals surface area contributed by atoms with Gasteiger partial charge in [0.2, 0.25) is 0 Å². The number of benzene rings is 1. The molecule has 2 nitrogen and oxygen atoms in total. The number of anilines is 1. The van der Waals surface area contributed by atoms with Gasteiger partial charge in [0.15, 0.2) is 0 Å². The summed E-state index contributed by atoms with van der Waals surface area (Å²) in [6.07, 6.45) is 1.93. The Labute approximate surface area is 126 Å². The van der Waals surface area contributed by atoms with E-state index in [4.69, 9.17) is 11.0 Å². The molecule has 0 fully saturated rings. The highest BCUT2D eigenvalue weighted by atomic mass is 79.9. The second-order valence-corrected chi connectivity index (χ2v) is 6.41. The van der Waals surface area contributed by atoms with Gasteiger partial charge in [0.05, 0.1) is 5.69 Å². The normalized spacial score (nSPS) is 10.4. The molecule has 2 aromatic rings. The van der Waals surface area contributed by atoms with Crippen LogP contribution in [0.3, 0.4) is 0 Å². The number of nitrogens with zero attached hydrogens (tertiary/aromatic N) is 1. The van der Waals surface area contributed by atoms with Crippen molar-refractivity contribution in [3.05, 3.63) is 38.7 Å². The maximum Gasteiger partial charge on any atom is 0.128 e. The van der Waals surface area contributed by atoms with Gasteiger partial charge in [-0.3, -0.25) is 0 Å². The molecule has 1 aromatic heterocycles. The summed E-state index contributed by atoms with van der Waals surface area (Å²) in [6, 6.07) is 8.41. The second-order valence-electron chi connectivity index (χ2n) is 4.47. The molecule has 1 heterocycles. The SMILES string of the molecule is CCCc1c(-c2cc(Br)ccc2C)sc(C#N)c1N. The third-order valence-electron chi connectivity index (χ3n) is 3.09. The number of hydrogen-bond donors (Lipinski definition) is 1. The first kappa shape index (κ1) is 14.1. The van der Waals surface area contributed by atoms with Crippen molar-refractivity contribution in [2.24, 2.45) is 0 Å². The first-order valence-corrected chi connectivity index (χ1v) is 7.77. The summed E-state index contributed by atoms with van der Waals surface area (Å²) in [5, 5.41) is 9.17. The Morgan fingerprint density at radius 2 is 2.16 bits per heavy atom. The van der Waals surface area contributed by atoms with E-state index in [-0.39, 0.29) is 0 Å². The van der Waals surface area contributed by atoms with E-state index in [2.05, 4.69) is 48.0 Å². The molecule has 0 aliphatic heterocycles. The Balaban J connectivity index is 2.67. The Morgan fingerprint density at radius 3 is 2.79 bits per heavy atom. The van der Waals surface area contributed by atoms with Crippen LogP contribution < -0.4 is 5.73 Å². The smallest absolute Gasteiger partial charge is 0.128 e. The van der Waals surface area contributed by atoms with Gasteiger partial charge in [0, 0.05) is 9.35 Å². The fraction of sp³-hybridized carbons (Fsp3) is 0.267. The van der Waals surface area contributed by atoms with Crippen LogP contribution >= 0.6 is 27.3 Å². The Kier molecular flexibility index (Phi) is 4.28.